The van der Waals surface area contributed by atoms with E-state index in [9.17, 15) is 4.79 Å². The summed E-state index contributed by atoms with van der Waals surface area (Å²) < 4.78 is 5.01. The van der Waals surface area contributed by atoms with E-state index in [1.807, 2.05) is 6.92 Å². The zero-order chi connectivity index (χ0) is 13.5. The maximum absolute atomic E-state index is 11.6. The molecule has 0 saturated heterocycles. The summed E-state index contributed by atoms with van der Waals surface area (Å²) in [4.78, 5) is 11.6. The standard InChI is InChI=1S/C12H17ClN2O3/c1-8(5-6-16)14-12(17)15-9-3-4-11(18-2)10(13)7-9/h3-4,7-8,16H,5-6H2,1-2H3,(H2,14,15,17)/t8-/m1/s1. The van der Waals surface area contributed by atoms with E-state index >= 15 is 0 Å². The monoisotopic (exact) mass is 272 g/mol. The molecule has 0 spiro atoms. The number of hydrogen-bond donors (Lipinski definition) is 3. The number of urea groups is 1. The molecule has 1 atom stereocenters. The van der Waals surface area contributed by atoms with Crippen molar-refractivity contribution in [2.45, 2.75) is 19.4 Å². The van der Waals surface area contributed by atoms with Gasteiger partial charge in [-0.2, -0.15) is 0 Å². The quantitative estimate of drug-likeness (QED) is 0.770. The Hall–Kier alpha value is -1.46. The molecular weight excluding hydrogens is 256 g/mol. The van der Waals surface area contributed by atoms with Gasteiger partial charge >= 0.3 is 6.03 Å². The van der Waals surface area contributed by atoms with E-state index < -0.39 is 0 Å². The van der Waals surface area contributed by atoms with Gasteiger partial charge in [-0.25, -0.2) is 4.79 Å². The SMILES string of the molecule is COc1ccc(NC(=O)N[C@H](C)CCO)cc1Cl. The van der Waals surface area contributed by atoms with E-state index in [0.717, 1.165) is 0 Å². The lowest BCUT2D eigenvalue weighted by Crippen LogP contribution is -2.36. The van der Waals surface area contributed by atoms with Crippen molar-refractivity contribution in [1.29, 1.82) is 0 Å². The van der Waals surface area contributed by atoms with Crippen LogP contribution in [0.3, 0.4) is 0 Å². The lowest BCUT2D eigenvalue weighted by molar-refractivity contribution is 0.241. The second-order valence-corrected chi connectivity index (χ2v) is 4.27. The predicted molar refractivity (Wildman–Crippen MR) is 71.3 cm³/mol. The molecule has 5 nitrogen and oxygen atoms in total. The second kappa shape index (κ2) is 7.08. The molecule has 0 radical (unpaired) electrons. The van der Waals surface area contributed by atoms with E-state index in [4.69, 9.17) is 21.4 Å². The third-order valence-corrected chi connectivity index (χ3v) is 2.64. The van der Waals surface area contributed by atoms with Crippen LogP contribution in [0, 0.1) is 0 Å². The Morgan fingerprint density at radius 2 is 2.28 bits per heavy atom. The van der Waals surface area contributed by atoms with Crippen LogP contribution in [0.5, 0.6) is 5.75 Å². The maximum atomic E-state index is 11.6. The molecule has 1 rings (SSSR count). The number of halogens is 1. The van der Waals surface area contributed by atoms with Crippen LogP contribution in [0.1, 0.15) is 13.3 Å². The highest BCUT2D eigenvalue weighted by molar-refractivity contribution is 6.32. The fourth-order valence-electron chi connectivity index (χ4n) is 1.40. The third kappa shape index (κ3) is 4.43. The molecule has 0 aromatic heterocycles. The number of benzene rings is 1. The second-order valence-electron chi connectivity index (χ2n) is 3.86. The molecule has 0 aliphatic heterocycles. The summed E-state index contributed by atoms with van der Waals surface area (Å²) in [5.41, 5.74) is 0.578. The molecule has 0 bridgehead atoms. The minimum absolute atomic E-state index is 0.0375. The largest absolute Gasteiger partial charge is 0.495 e. The number of aliphatic hydroxyl groups is 1. The Balaban J connectivity index is 2.57. The van der Waals surface area contributed by atoms with Crippen LogP contribution < -0.4 is 15.4 Å². The molecule has 100 valence electrons. The normalized spacial score (nSPS) is 11.8. The number of methoxy groups -OCH3 is 1. The van der Waals surface area contributed by atoms with E-state index in [1.165, 1.54) is 7.11 Å². The minimum Gasteiger partial charge on any atom is -0.495 e. The summed E-state index contributed by atoms with van der Waals surface area (Å²) >= 11 is 5.94. The van der Waals surface area contributed by atoms with Crippen LogP contribution in [0.2, 0.25) is 5.02 Å². The molecule has 0 fully saturated rings. The highest BCUT2D eigenvalue weighted by Crippen LogP contribution is 2.27. The number of ether oxygens (including phenoxy) is 1. The zero-order valence-corrected chi connectivity index (χ0v) is 11.1. The first-order valence-electron chi connectivity index (χ1n) is 5.58. The molecule has 0 aliphatic rings. The third-order valence-electron chi connectivity index (χ3n) is 2.35. The molecule has 1 aromatic rings. The number of aliphatic hydroxyl groups excluding tert-OH is 1. The first-order chi connectivity index (χ1) is 8.56. The number of amides is 2. The van der Waals surface area contributed by atoms with Crippen LogP contribution in [-0.2, 0) is 0 Å². The number of rotatable bonds is 5. The Morgan fingerprint density at radius 3 is 2.83 bits per heavy atom. The summed E-state index contributed by atoms with van der Waals surface area (Å²) in [6.07, 6.45) is 0.511. The maximum Gasteiger partial charge on any atom is 0.319 e. The van der Waals surface area contributed by atoms with Crippen molar-refractivity contribution in [3.8, 4) is 5.75 Å². The molecule has 1 aromatic carbocycles. The summed E-state index contributed by atoms with van der Waals surface area (Å²) in [7, 11) is 1.53. The number of nitrogens with one attached hydrogen (secondary N) is 2. The molecule has 0 unspecified atom stereocenters. The van der Waals surface area contributed by atoms with Crippen molar-refractivity contribution in [3.05, 3.63) is 23.2 Å². The van der Waals surface area contributed by atoms with E-state index in [2.05, 4.69) is 10.6 Å². The fraction of sp³-hybridized carbons (Fsp3) is 0.417. The Morgan fingerprint density at radius 1 is 1.56 bits per heavy atom. The van der Waals surface area contributed by atoms with Crippen molar-refractivity contribution in [2.75, 3.05) is 19.0 Å². The molecule has 0 saturated carbocycles. The van der Waals surface area contributed by atoms with Gasteiger partial charge in [-0.3, -0.25) is 0 Å². The fourth-order valence-corrected chi connectivity index (χ4v) is 1.66. The van der Waals surface area contributed by atoms with Crippen LogP contribution in [0.4, 0.5) is 10.5 Å². The predicted octanol–water partition coefficient (Wildman–Crippen LogP) is 2.24. The average Bonchev–Trinajstić information content (AvgIpc) is 2.29. The molecule has 18 heavy (non-hydrogen) atoms. The number of hydrogen-bond acceptors (Lipinski definition) is 3. The van der Waals surface area contributed by atoms with Gasteiger partial charge in [0.25, 0.3) is 0 Å². The van der Waals surface area contributed by atoms with Crippen molar-refractivity contribution in [2.24, 2.45) is 0 Å². The smallest absolute Gasteiger partial charge is 0.319 e. The van der Waals surface area contributed by atoms with Gasteiger partial charge < -0.3 is 20.5 Å². The van der Waals surface area contributed by atoms with Gasteiger partial charge in [0.05, 0.1) is 12.1 Å². The van der Waals surface area contributed by atoms with E-state index in [0.29, 0.717) is 22.9 Å². The highest BCUT2D eigenvalue weighted by atomic mass is 35.5. The van der Waals surface area contributed by atoms with Crippen LogP contribution in [0.15, 0.2) is 18.2 Å². The summed E-state index contributed by atoms with van der Waals surface area (Å²) in [5, 5.41) is 14.5. The van der Waals surface area contributed by atoms with Gasteiger partial charge in [-0.15, -0.1) is 0 Å². The molecule has 3 N–H and O–H groups in total. The van der Waals surface area contributed by atoms with E-state index in [1.54, 1.807) is 18.2 Å². The number of carbonyl (C=O) groups is 1. The van der Waals surface area contributed by atoms with Crippen LogP contribution in [-0.4, -0.2) is 30.9 Å². The minimum atomic E-state index is -0.336. The first kappa shape index (κ1) is 14.6. The summed E-state index contributed by atoms with van der Waals surface area (Å²) in [6.45, 7) is 1.85. The summed E-state index contributed by atoms with van der Waals surface area (Å²) in [6, 6.07) is 4.55. The summed E-state index contributed by atoms with van der Waals surface area (Å²) in [5.74, 6) is 0.552. The molecule has 0 aliphatic carbocycles. The van der Waals surface area contributed by atoms with Gasteiger partial charge in [-0.05, 0) is 31.5 Å². The lowest BCUT2D eigenvalue weighted by Gasteiger charge is -2.13. The average molecular weight is 273 g/mol. The van der Waals surface area contributed by atoms with Crippen molar-refractivity contribution in [3.63, 3.8) is 0 Å². The van der Waals surface area contributed by atoms with Gasteiger partial charge in [0, 0.05) is 18.3 Å². The molecule has 2 amide bonds. The molecular formula is C12H17ClN2O3. The molecule has 0 heterocycles. The van der Waals surface area contributed by atoms with Crippen molar-refractivity contribution in [1.82, 2.24) is 5.32 Å². The zero-order valence-electron chi connectivity index (χ0n) is 10.4. The van der Waals surface area contributed by atoms with E-state index in [-0.39, 0.29) is 18.7 Å². The number of anilines is 1. The van der Waals surface area contributed by atoms with Crippen LogP contribution in [0.25, 0.3) is 0 Å². The van der Waals surface area contributed by atoms with Crippen LogP contribution >= 0.6 is 11.6 Å². The lowest BCUT2D eigenvalue weighted by atomic mass is 10.2. The highest BCUT2D eigenvalue weighted by Gasteiger charge is 2.08. The van der Waals surface area contributed by atoms with Gasteiger partial charge in [0.15, 0.2) is 0 Å². The van der Waals surface area contributed by atoms with Gasteiger partial charge in [-0.1, -0.05) is 11.6 Å². The Labute approximate surface area is 111 Å². The first-order valence-corrected chi connectivity index (χ1v) is 5.96. The number of carbonyl (C=O) groups excluding carboxylic acids is 1. The van der Waals surface area contributed by atoms with Crippen molar-refractivity contribution < 1.29 is 14.6 Å². The Kier molecular flexibility index (Phi) is 5.74. The molecule has 6 heteroatoms. The topological polar surface area (TPSA) is 70.6 Å². The van der Waals surface area contributed by atoms with Crippen molar-refractivity contribution >= 4 is 23.3 Å². The van der Waals surface area contributed by atoms with Gasteiger partial charge in [0.2, 0.25) is 0 Å². The van der Waals surface area contributed by atoms with Gasteiger partial charge in [0.1, 0.15) is 5.75 Å². The Bertz CT molecular complexity index is 412.